The van der Waals surface area contributed by atoms with E-state index in [0.29, 0.717) is 0 Å². The molecule has 0 radical (unpaired) electrons. The largest absolute Gasteiger partial charge is 0.384 e. The molecule has 1 aromatic heterocycles. The summed E-state index contributed by atoms with van der Waals surface area (Å²) in [5, 5.41) is 3.37. The van der Waals surface area contributed by atoms with Crippen LogP contribution >= 0.6 is 0 Å². The van der Waals surface area contributed by atoms with Crippen molar-refractivity contribution in [3.8, 4) is 11.3 Å². The van der Waals surface area contributed by atoms with Crippen LogP contribution in [0.4, 0.5) is 5.69 Å². The second kappa shape index (κ2) is 3.63. The molecule has 0 atom stereocenters. The Balaban J connectivity index is 2.07. The molecule has 3 rings (SSSR count). The summed E-state index contributed by atoms with van der Waals surface area (Å²) in [6, 6.07) is 12.7. The highest BCUT2D eigenvalue weighted by molar-refractivity contribution is 5.67. The molecule has 1 aromatic carbocycles. The van der Waals surface area contributed by atoms with Gasteiger partial charge in [0.25, 0.3) is 0 Å². The van der Waals surface area contributed by atoms with E-state index in [1.54, 1.807) is 0 Å². The van der Waals surface area contributed by atoms with Crippen LogP contribution in [0.25, 0.3) is 11.3 Å². The van der Waals surface area contributed by atoms with Crippen molar-refractivity contribution in [2.75, 3.05) is 11.9 Å². The standard InChI is InChI=1S/C14H14N2/c1-10-3-2-4-14(16-10)11-5-6-13-12(9-11)7-8-15-13/h2-6,9,15H,7-8H2,1H3. The van der Waals surface area contributed by atoms with Crippen LogP contribution in [0.3, 0.4) is 0 Å². The number of anilines is 1. The summed E-state index contributed by atoms with van der Waals surface area (Å²) in [5.41, 5.74) is 6.02. The lowest BCUT2D eigenvalue weighted by atomic mass is 10.1. The highest BCUT2D eigenvalue weighted by Gasteiger charge is 2.10. The van der Waals surface area contributed by atoms with Gasteiger partial charge >= 0.3 is 0 Å². The van der Waals surface area contributed by atoms with Crippen molar-refractivity contribution in [2.24, 2.45) is 0 Å². The van der Waals surface area contributed by atoms with Gasteiger partial charge < -0.3 is 5.32 Å². The molecule has 0 bridgehead atoms. The fourth-order valence-electron chi connectivity index (χ4n) is 2.17. The van der Waals surface area contributed by atoms with Crippen molar-refractivity contribution in [3.63, 3.8) is 0 Å². The van der Waals surface area contributed by atoms with Gasteiger partial charge in [0, 0.05) is 23.5 Å². The Morgan fingerprint density at radius 1 is 1.19 bits per heavy atom. The fraction of sp³-hybridized carbons (Fsp3) is 0.214. The van der Waals surface area contributed by atoms with Gasteiger partial charge in [-0.3, -0.25) is 4.98 Å². The highest BCUT2D eigenvalue weighted by atomic mass is 14.9. The average molecular weight is 210 g/mol. The zero-order chi connectivity index (χ0) is 11.0. The molecule has 80 valence electrons. The van der Waals surface area contributed by atoms with E-state index in [1.807, 2.05) is 13.0 Å². The molecule has 16 heavy (non-hydrogen) atoms. The smallest absolute Gasteiger partial charge is 0.0705 e. The van der Waals surface area contributed by atoms with Gasteiger partial charge in [0.1, 0.15) is 0 Å². The van der Waals surface area contributed by atoms with E-state index in [9.17, 15) is 0 Å². The molecule has 1 aliphatic rings. The molecule has 2 nitrogen and oxygen atoms in total. The number of aromatic nitrogens is 1. The van der Waals surface area contributed by atoms with E-state index in [0.717, 1.165) is 24.4 Å². The monoisotopic (exact) mass is 210 g/mol. The molecule has 2 heterocycles. The van der Waals surface area contributed by atoms with Crippen molar-refractivity contribution in [2.45, 2.75) is 13.3 Å². The summed E-state index contributed by atoms with van der Waals surface area (Å²) in [6.07, 6.45) is 1.12. The molecule has 0 aliphatic carbocycles. The number of nitrogens with zero attached hydrogens (tertiary/aromatic N) is 1. The Bertz CT molecular complexity index is 532. The van der Waals surface area contributed by atoms with Gasteiger partial charge in [-0.2, -0.15) is 0 Å². The minimum absolute atomic E-state index is 1.06. The second-order valence-electron chi connectivity index (χ2n) is 4.21. The maximum absolute atomic E-state index is 4.55. The Labute approximate surface area is 95.3 Å². The SMILES string of the molecule is Cc1cccc(-c2ccc3c(c2)CCN3)n1. The predicted molar refractivity (Wildman–Crippen MR) is 66.6 cm³/mol. The summed E-state index contributed by atoms with van der Waals surface area (Å²) < 4.78 is 0. The lowest BCUT2D eigenvalue weighted by Crippen LogP contribution is -1.90. The molecule has 0 unspecified atom stereocenters. The van der Waals surface area contributed by atoms with Gasteiger partial charge in [-0.05, 0) is 43.2 Å². The van der Waals surface area contributed by atoms with Gasteiger partial charge in [0.15, 0.2) is 0 Å². The summed E-state index contributed by atoms with van der Waals surface area (Å²) in [5.74, 6) is 0. The van der Waals surface area contributed by atoms with Crippen LogP contribution in [0, 0.1) is 6.92 Å². The lowest BCUT2D eigenvalue weighted by Gasteiger charge is -2.05. The van der Waals surface area contributed by atoms with Crippen molar-refractivity contribution in [1.82, 2.24) is 4.98 Å². The third-order valence-corrected chi connectivity index (χ3v) is 3.00. The quantitative estimate of drug-likeness (QED) is 0.782. The molecule has 2 heteroatoms. The van der Waals surface area contributed by atoms with E-state index < -0.39 is 0 Å². The number of benzene rings is 1. The van der Waals surface area contributed by atoms with Crippen molar-refractivity contribution >= 4 is 5.69 Å². The minimum atomic E-state index is 1.06. The molecule has 0 fully saturated rings. The Hall–Kier alpha value is -1.83. The molecule has 0 saturated carbocycles. The lowest BCUT2D eigenvalue weighted by molar-refractivity contribution is 1.10. The molecule has 0 saturated heterocycles. The van der Waals surface area contributed by atoms with Crippen LogP contribution in [-0.2, 0) is 6.42 Å². The summed E-state index contributed by atoms with van der Waals surface area (Å²) >= 11 is 0. The second-order valence-corrected chi connectivity index (χ2v) is 4.21. The summed E-state index contributed by atoms with van der Waals surface area (Å²) in [4.78, 5) is 4.55. The molecule has 1 aliphatic heterocycles. The van der Waals surface area contributed by atoms with Gasteiger partial charge in [-0.15, -0.1) is 0 Å². The number of aryl methyl sites for hydroxylation is 1. The van der Waals surface area contributed by atoms with Crippen LogP contribution < -0.4 is 5.32 Å². The maximum atomic E-state index is 4.55. The van der Waals surface area contributed by atoms with Crippen molar-refractivity contribution in [1.29, 1.82) is 0 Å². The molecule has 0 amide bonds. The maximum Gasteiger partial charge on any atom is 0.0705 e. The molecular weight excluding hydrogens is 196 g/mol. The van der Waals surface area contributed by atoms with Crippen LogP contribution in [0.1, 0.15) is 11.3 Å². The van der Waals surface area contributed by atoms with E-state index in [2.05, 4.69) is 40.6 Å². The zero-order valence-electron chi connectivity index (χ0n) is 9.33. The van der Waals surface area contributed by atoms with E-state index in [1.165, 1.54) is 16.8 Å². The van der Waals surface area contributed by atoms with Crippen LogP contribution in [0.5, 0.6) is 0 Å². The third-order valence-electron chi connectivity index (χ3n) is 3.00. The number of fused-ring (bicyclic) bond motifs is 1. The number of hydrogen-bond acceptors (Lipinski definition) is 2. The first-order chi connectivity index (χ1) is 7.83. The van der Waals surface area contributed by atoms with Gasteiger partial charge in [-0.1, -0.05) is 12.1 Å². The third kappa shape index (κ3) is 1.56. The van der Waals surface area contributed by atoms with Crippen LogP contribution in [0.15, 0.2) is 36.4 Å². The topological polar surface area (TPSA) is 24.9 Å². The van der Waals surface area contributed by atoms with Gasteiger partial charge in [-0.25, -0.2) is 0 Å². The first-order valence-electron chi connectivity index (χ1n) is 5.64. The predicted octanol–water partition coefficient (Wildman–Crippen LogP) is 3.03. The number of nitrogens with one attached hydrogen (secondary N) is 1. The number of rotatable bonds is 1. The normalized spacial score (nSPS) is 13.3. The molecule has 0 spiro atoms. The fourth-order valence-corrected chi connectivity index (χ4v) is 2.17. The van der Waals surface area contributed by atoms with E-state index in [4.69, 9.17) is 0 Å². The van der Waals surface area contributed by atoms with Crippen molar-refractivity contribution in [3.05, 3.63) is 47.7 Å². The average Bonchev–Trinajstić information content (AvgIpc) is 2.75. The van der Waals surface area contributed by atoms with E-state index >= 15 is 0 Å². The van der Waals surface area contributed by atoms with E-state index in [-0.39, 0.29) is 0 Å². The summed E-state index contributed by atoms with van der Waals surface area (Å²) in [7, 11) is 0. The number of hydrogen-bond donors (Lipinski definition) is 1. The Morgan fingerprint density at radius 3 is 3.00 bits per heavy atom. The minimum Gasteiger partial charge on any atom is -0.384 e. The molecule has 2 aromatic rings. The zero-order valence-corrected chi connectivity index (χ0v) is 9.33. The molecule has 1 N–H and O–H groups in total. The van der Waals surface area contributed by atoms with Gasteiger partial charge in [0.2, 0.25) is 0 Å². The Morgan fingerprint density at radius 2 is 2.12 bits per heavy atom. The first kappa shape index (κ1) is 9.40. The van der Waals surface area contributed by atoms with Crippen LogP contribution in [-0.4, -0.2) is 11.5 Å². The van der Waals surface area contributed by atoms with Gasteiger partial charge in [0.05, 0.1) is 5.69 Å². The Kier molecular flexibility index (Phi) is 2.13. The highest BCUT2D eigenvalue weighted by Crippen LogP contribution is 2.27. The number of pyridine rings is 1. The first-order valence-corrected chi connectivity index (χ1v) is 5.64. The molecular formula is C14H14N2. The summed E-state index contributed by atoms with van der Waals surface area (Å²) in [6.45, 7) is 3.08. The van der Waals surface area contributed by atoms with Crippen molar-refractivity contribution < 1.29 is 0 Å². The van der Waals surface area contributed by atoms with Crippen LogP contribution in [0.2, 0.25) is 0 Å².